The van der Waals surface area contributed by atoms with Crippen molar-refractivity contribution in [1.82, 2.24) is 4.98 Å². The molecule has 0 saturated carbocycles. The van der Waals surface area contributed by atoms with Gasteiger partial charge in [-0.15, -0.1) is 0 Å². The van der Waals surface area contributed by atoms with Gasteiger partial charge in [-0.1, -0.05) is 12.1 Å². The van der Waals surface area contributed by atoms with Crippen LogP contribution in [0.5, 0.6) is 11.5 Å². The molecule has 102 valence electrons. The van der Waals surface area contributed by atoms with Crippen molar-refractivity contribution in [2.75, 3.05) is 6.79 Å². The van der Waals surface area contributed by atoms with Gasteiger partial charge in [0.25, 0.3) is 0 Å². The van der Waals surface area contributed by atoms with Crippen LogP contribution in [0.3, 0.4) is 0 Å². The van der Waals surface area contributed by atoms with Crippen LogP contribution in [-0.4, -0.2) is 22.9 Å². The van der Waals surface area contributed by atoms with Crippen LogP contribution < -0.4 is 9.47 Å². The van der Waals surface area contributed by atoms with Crippen molar-refractivity contribution in [1.29, 1.82) is 0 Å². The molecule has 2 heterocycles. The van der Waals surface area contributed by atoms with Crippen molar-refractivity contribution >= 4 is 5.97 Å². The zero-order valence-electron chi connectivity index (χ0n) is 10.9. The molecule has 0 aliphatic carbocycles. The highest BCUT2D eigenvalue weighted by Crippen LogP contribution is 2.38. The number of carboxylic acids is 1. The van der Waals surface area contributed by atoms with Crippen LogP contribution in [0, 0.1) is 0 Å². The summed E-state index contributed by atoms with van der Waals surface area (Å²) in [5.74, 6) is 0.225. The fourth-order valence-electron chi connectivity index (χ4n) is 2.25. The number of aliphatic carboxylic acids is 1. The SMILES string of the molecule is CC(C(=O)O)(c1ccc2c(c1)OCO2)c1ccccn1. The highest BCUT2D eigenvalue weighted by molar-refractivity contribution is 5.85. The Balaban J connectivity index is 2.14. The lowest BCUT2D eigenvalue weighted by Crippen LogP contribution is -2.34. The first-order chi connectivity index (χ1) is 9.62. The molecular weight excluding hydrogens is 258 g/mol. The zero-order valence-corrected chi connectivity index (χ0v) is 10.9. The third-order valence-corrected chi connectivity index (χ3v) is 3.55. The molecule has 0 saturated heterocycles. The zero-order chi connectivity index (χ0) is 14.2. The lowest BCUT2D eigenvalue weighted by molar-refractivity contribution is -0.141. The van der Waals surface area contributed by atoms with E-state index in [9.17, 15) is 9.90 Å². The summed E-state index contributed by atoms with van der Waals surface area (Å²) in [4.78, 5) is 16.0. The Hall–Kier alpha value is -2.56. The Bertz CT molecular complexity index is 656. The van der Waals surface area contributed by atoms with E-state index in [0.29, 0.717) is 22.8 Å². The van der Waals surface area contributed by atoms with E-state index in [-0.39, 0.29) is 6.79 Å². The summed E-state index contributed by atoms with van der Waals surface area (Å²) in [5.41, 5.74) is -0.151. The van der Waals surface area contributed by atoms with Crippen LogP contribution in [0.2, 0.25) is 0 Å². The lowest BCUT2D eigenvalue weighted by Gasteiger charge is -2.25. The number of benzene rings is 1. The monoisotopic (exact) mass is 271 g/mol. The number of fused-ring (bicyclic) bond motifs is 1. The maximum absolute atomic E-state index is 11.8. The lowest BCUT2D eigenvalue weighted by atomic mass is 9.79. The molecule has 0 amide bonds. The number of carbonyl (C=O) groups is 1. The summed E-state index contributed by atoms with van der Waals surface area (Å²) in [5, 5.41) is 9.68. The molecule has 0 fully saturated rings. The Kier molecular flexibility index (Phi) is 2.82. The maximum atomic E-state index is 11.8. The Morgan fingerprint density at radius 1 is 1.25 bits per heavy atom. The summed E-state index contributed by atoms with van der Waals surface area (Å²) in [6.07, 6.45) is 1.59. The molecule has 5 nitrogen and oxygen atoms in total. The summed E-state index contributed by atoms with van der Waals surface area (Å²) < 4.78 is 10.6. The minimum Gasteiger partial charge on any atom is -0.480 e. The van der Waals surface area contributed by atoms with Gasteiger partial charge in [-0.2, -0.15) is 0 Å². The fraction of sp³-hybridized carbons (Fsp3) is 0.200. The fourth-order valence-corrected chi connectivity index (χ4v) is 2.25. The van der Waals surface area contributed by atoms with Crippen molar-refractivity contribution in [3.63, 3.8) is 0 Å². The second kappa shape index (κ2) is 4.52. The standard InChI is InChI=1S/C15H13NO4/c1-15(14(17)18,13-4-2-3-7-16-13)10-5-6-11-12(8-10)20-9-19-11/h2-8H,9H2,1H3,(H,17,18). The summed E-state index contributed by atoms with van der Waals surface area (Å²) in [7, 11) is 0. The molecule has 1 aliphatic rings. The maximum Gasteiger partial charge on any atom is 0.319 e. The van der Waals surface area contributed by atoms with Crippen LogP contribution in [-0.2, 0) is 10.2 Å². The molecule has 5 heteroatoms. The molecular formula is C15H13NO4. The average Bonchev–Trinajstić information content (AvgIpc) is 2.94. The third-order valence-electron chi connectivity index (χ3n) is 3.55. The summed E-state index contributed by atoms with van der Waals surface area (Å²) in [6.45, 7) is 1.79. The van der Waals surface area contributed by atoms with Crippen molar-refractivity contribution in [3.05, 3.63) is 53.9 Å². The topological polar surface area (TPSA) is 68.7 Å². The van der Waals surface area contributed by atoms with Crippen LogP contribution in [0.4, 0.5) is 0 Å². The van der Waals surface area contributed by atoms with Gasteiger partial charge in [-0.3, -0.25) is 9.78 Å². The van der Waals surface area contributed by atoms with E-state index in [0.717, 1.165) is 0 Å². The van der Waals surface area contributed by atoms with Crippen molar-refractivity contribution < 1.29 is 19.4 Å². The Morgan fingerprint density at radius 2 is 2.05 bits per heavy atom. The number of carboxylic acid groups (broad SMARTS) is 1. The van der Waals surface area contributed by atoms with Crippen molar-refractivity contribution in [2.24, 2.45) is 0 Å². The van der Waals surface area contributed by atoms with Gasteiger partial charge in [-0.05, 0) is 36.8 Å². The quantitative estimate of drug-likeness (QED) is 0.926. The number of hydrogen-bond donors (Lipinski definition) is 1. The molecule has 3 rings (SSSR count). The molecule has 0 spiro atoms. The van der Waals surface area contributed by atoms with Gasteiger partial charge in [0.1, 0.15) is 5.41 Å². The molecule has 2 aromatic rings. The Morgan fingerprint density at radius 3 is 2.75 bits per heavy atom. The van der Waals surface area contributed by atoms with Gasteiger partial charge >= 0.3 is 5.97 Å². The number of ether oxygens (including phenoxy) is 2. The normalized spacial score (nSPS) is 15.7. The number of nitrogens with zero attached hydrogens (tertiary/aromatic N) is 1. The molecule has 0 bridgehead atoms. The van der Waals surface area contributed by atoms with Crippen LogP contribution in [0.1, 0.15) is 18.2 Å². The molecule has 1 aliphatic heterocycles. The number of pyridine rings is 1. The summed E-state index contributed by atoms with van der Waals surface area (Å²) in [6, 6.07) is 10.4. The molecule has 1 atom stereocenters. The van der Waals surface area contributed by atoms with Crippen LogP contribution in [0.15, 0.2) is 42.6 Å². The van der Waals surface area contributed by atoms with Crippen LogP contribution in [0.25, 0.3) is 0 Å². The highest BCUT2D eigenvalue weighted by atomic mass is 16.7. The van der Waals surface area contributed by atoms with Crippen LogP contribution >= 0.6 is 0 Å². The minimum atomic E-state index is -1.23. The van der Waals surface area contributed by atoms with E-state index in [4.69, 9.17) is 9.47 Å². The second-order valence-electron chi connectivity index (χ2n) is 4.71. The Labute approximate surface area is 115 Å². The van der Waals surface area contributed by atoms with Gasteiger partial charge in [0, 0.05) is 6.20 Å². The predicted molar refractivity (Wildman–Crippen MR) is 70.9 cm³/mol. The second-order valence-corrected chi connectivity index (χ2v) is 4.71. The first-order valence-corrected chi connectivity index (χ1v) is 6.17. The van der Waals surface area contributed by atoms with E-state index in [1.807, 2.05) is 0 Å². The van der Waals surface area contributed by atoms with E-state index < -0.39 is 11.4 Å². The predicted octanol–water partition coefficient (Wildman–Crippen LogP) is 2.20. The molecule has 1 unspecified atom stereocenters. The van der Waals surface area contributed by atoms with Crippen molar-refractivity contribution in [3.8, 4) is 11.5 Å². The average molecular weight is 271 g/mol. The molecule has 1 aromatic heterocycles. The third kappa shape index (κ3) is 1.79. The van der Waals surface area contributed by atoms with Gasteiger partial charge < -0.3 is 14.6 Å². The van der Waals surface area contributed by atoms with Gasteiger partial charge in [0.2, 0.25) is 6.79 Å². The molecule has 0 radical (unpaired) electrons. The molecule has 1 aromatic carbocycles. The van der Waals surface area contributed by atoms with Gasteiger partial charge in [0.15, 0.2) is 11.5 Å². The minimum absolute atomic E-state index is 0.159. The largest absolute Gasteiger partial charge is 0.480 e. The molecule has 1 N–H and O–H groups in total. The highest BCUT2D eigenvalue weighted by Gasteiger charge is 2.39. The van der Waals surface area contributed by atoms with Crippen molar-refractivity contribution in [2.45, 2.75) is 12.3 Å². The van der Waals surface area contributed by atoms with E-state index in [2.05, 4.69) is 4.98 Å². The van der Waals surface area contributed by atoms with E-state index >= 15 is 0 Å². The van der Waals surface area contributed by atoms with Gasteiger partial charge in [0.05, 0.1) is 5.69 Å². The van der Waals surface area contributed by atoms with Gasteiger partial charge in [-0.25, -0.2) is 0 Å². The van der Waals surface area contributed by atoms with E-state index in [1.54, 1.807) is 49.5 Å². The van der Waals surface area contributed by atoms with E-state index in [1.165, 1.54) is 0 Å². The number of aromatic nitrogens is 1. The molecule has 20 heavy (non-hydrogen) atoms. The first-order valence-electron chi connectivity index (χ1n) is 6.17. The smallest absolute Gasteiger partial charge is 0.319 e. The first kappa shape index (κ1) is 12.5. The summed E-state index contributed by atoms with van der Waals surface area (Å²) >= 11 is 0. The number of hydrogen-bond acceptors (Lipinski definition) is 4. The number of rotatable bonds is 3.